The molecule has 0 aliphatic heterocycles. The van der Waals surface area contributed by atoms with Crippen LogP contribution in [0.5, 0.6) is 0 Å². The number of rotatable bonds is 2. The van der Waals surface area contributed by atoms with E-state index in [1.807, 2.05) is 32.0 Å². The van der Waals surface area contributed by atoms with Gasteiger partial charge in [0, 0.05) is 0 Å². The second-order valence-corrected chi connectivity index (χ2v) is 14.8. The van der Waals surface area contributed by atoms with Gasteiger partial charge in [-0.1, -0.05) is 194 Å². The van der Waals surface area contributed by atoms with E-state index < -0.39 is 0 Å². The van der Waals surface area contributed by atoms with Crippen LogP contribution in [0.25, 0.3) is 0 Å². The Bertz CT molecular complexity index is 1530. The standard InChI is InChI=1S/C13H20.C11H16.C9H12.C8H10.C7H8.C2H6/c1-9(2)12-7-6-8-13(10(3)4)11(12)5;1-9-7-5-6-8-10(9)11(2,3)4;1-7-5-4-6-8(2)9(7)3;1-7-3-5-8(2)6-4-7;1-7-5-3-2-4-6-7;1-2/h6-10H,1-5H3;5-8H,1-4H3;4-6H,1-3H3;3-6H,1-2H3;2-6H,1H3;1-2H3. The van der Waals surface area contributed by atoms with E-state index in [1.165, 1.54) is 61.2 Å². The van der Waals surface area contributed by atoms with Crippen molar-refractivity contribution in [2.24, 2.45) is 0 Å². The first-order chi connectivity index (χ1) is 23.4. The van der Waals surface area contributed by atoms with E-state index in [0.717, 1.165) is 0 Å². The minimum Gasteiger partial charge on any atom is -0.0683 e. The molecule has 0 fully saturated rings. The van der Waals surface area contributed by atoms with Crippen LogP contribution in [0, 0.1) is 55.4 Å². The smallest absolute Gasteiger partial charge is 0.0129 e. The average Bonchev–Trinajstić information content (AvgIpc) is 3.07. The van der Waals surface area contributed by atoms with Gasteiger partial charge < -0.3 is 0 Å². The summed E-state index contributed by atoms with van der Waals surface area (Å²) in [6.45, 7) is 36.9. The first kappa shape index (κ1) is 46.1. The van der Waals surface area contributed by atoms with Crippen LogP contribution in [0.15, 0.2) is 115 Å². The summed E-state index contributed by atoms with van der Waals surface area (Å²) in [6.07, 6.45) is 0. The summed E-state index contributed by atoms with van der Waals surface area (Å²) >= 11 is 0. The van der Waals surface area contributed by atoms with Crippen LogP contribution in [0.2, 0.25) is 0 Å². The quantitative estimate of drug-likeness (QED) is 0.175. The first-order valence-corrected chi connectivity index (χ1v) is 18.7. The maximum absolute atomic E-state index is 2.26. The van der Waals surface area contributed by atoms with E-state index in [2.05, 4.69) is 201 Å². The van der Waals surface area contributed by atoms with E-state index in [-0.39, 0.29) is 5.41 Å². The van der Waals surface area contributed by atoms with Crippen molar-refractivity contribution in [2.75, 3.05) is 0 Å². The van der Waals surface area contributed by atoms with Gasteiger partial charge in [0.05, 0.1) is 0 Å². The summed E-state index contributed by atoms with van der Waals surface area (Å²) in [5, 5.41) is 0. The third-order valence-electron chi connectivity index (χ3n) is 8.65. The van der Waals surface area contributed by atoms with Gasteiger partial charge in [0.25, 0.3) is 0 Å². The Balaban J connectivity index is 0.000000601. The van der Waals surface area contributed by atoms with Crippen LogP contribution >= 0.6 is 0 Å². The fourth-order valence-electron chi connectivity index (χ4n) is 5.41. The van der Waals surface area contributed by atoms with Crippen LogP contribution in [0.1, 0.15) is 135 Å². The van der Waals surface area contributed by atoms with E-state index in [9.17, 15) is 0 Å². The average molecular weight is 673 g/mol. The largest absolute Gasteiger partial charge is 0.0683 e. The number of benzene rings is 5. The summed E-state index contributed by atoms with van der Waals surface area (Å²) in [5.41, 5.74) is 15.7. The third-order valence-corrected chi connectivity index (χ3v) is 8.65. The van der Waals surface area contributed by atoms with Crippen molar-refractivity contribution in [3.8, 4) is 0 Å². The molecule has 272 valence electrons. The third kappa shape index (κ3) is 18.2. The molecule has 0 radical (unpaired) electrons. The SMILES string of the molecule is CC.Cc1c(C(C)C)cccc1C(C)C.Cc1ccc(C)cc1.Cc1cccc(C)c1C.Cc1ccccc1.Cc1ccccc1C(C)(C)C. The first-order valence-electron chi connectivity index (χ1n) is 18.7. The molecule has 0 saturated carbocycles. The maximum atomic E-state index is 2.26. The van der Waals surface area contributed by atoms with E-state index in [1.54, 1.807) is 0 Å². The number of hydrogen-bond donors (Lipinski definition) is 0. The number of hydrogen-bond acceptors (Lipinski definition) is 0. The Labute approximate surface area is 310 Å². The van der Waals surface area contributed by atoms with Crippen LogP contribution in [0.3, 0.4) is 0 Å². The second-order valence-electron chi connectivity index (χ2n) is 14.8. The molecule has 0 unspecified atom stereocenters. The van der Waals surface area contributed by atoms with Gasteiger partial charge in [-0.15, -0.1) is 0 Å². The molecular weight excluding hydrogens is 601 g/mol. The molecule has 0 heteroatoms. The van der Waals surface area contributed by atoms with Crippen LogP contribution in [-0.2, 0) is 5.41 Å². The van der Waals surface area contributed by atoms with Crippen LogP contribution in [0.4, 0.5) is 0 Å². The number of aryl methyl sites for hydroxylation is 6. The van der Waals surface area contributed by atoms with Crippen molar-refractivity contribution in [3.05, 3.63) is 176 Å². The van der Waals surface area contributed by atoms with Gasteiger partial charge in [0.15, 0.2) is 0 Å². The zero-order valence-corrected chi connectivity index (χ0v) is 35.1. The lowest BCUT2D eigenvalue weighted by Gasteiger charge is -2.21. The molecule has 0 aromatic heterocycles. The van der Waals surface area contributed by atoms with Gasteiger partial charge in [0.2, 0.25) is 0 Å². The molecule has 0 heterocycles. The van der Waals surface area contributed by atoms with Gasteiger partial charge >= 0.3 is 0 Å². The van der Waals surface area contributed by atoms with Gasteiger partial charge in [-0.3, -0.25) is 0 Å². The predicted molar refractivity (Wildman–Crippen MR) is 228 cm³/mol. The van der Waals surface area contributed by atoms with Crippen molar-refractivity contribution < 1.29 is 0 Å². The van der Waals surface area contributed by atoms with Crippen molar-refractivity contribution in [1.29, 1.82) is 0 Å². The molecular formula is C50H72. The lowest BCUT2D eigenvalue weighted by molar-refractivity contribution is 0.586. The summed E-state index contributed by atoms with van der Waals surface area (Å²) in [5.74, 6) is 1.28. The fourth-order valence-corrected chi connectivity index (χ4v) is 5.41. The minimum absolute atomic E-state index is 0.283. The van der Waals surface area contributed by atoms with Crippen LogP contribution < -0.4 is 0 Å². The van der Waals surface area contributed by atoms with E-state index in [4.69, 9.17) is 0 Å². The van der Waals surface area contributed by atoms with Gasteiger partial charge in [-0.2, -0.15) is 0 Å². The molecule has 0 aliphatic carbocycles. The van der Waals surface area contributed by atoms with Crippen molar-refractivity contribution in [1.82, 2.24) is 0 Å². The molecule has 0 spiro atoms. The highest BCUT2D eigenvalue weighted by molar-refractivity contribution is 5.37. The van der Waals surface area contributed by atoms with E-state index >= 15 is 0 Å². The zero-order valence-electron chi connectivity index (χ0n) is 35.1. The maximum Gasteiger partial charge on any atom is -0.0129 e. The van der Waals surface area contributed by atoms with Gasteiger partial charge in [-0.05, 0) is 117 Å². The highest BCUT2D eigenvalue weighted by Crippen LogP contribution is 2.26. The molecule has 0 atom stereocenters. The molecule has 0 amide bonds. The van der Waals surface area contributed by atoms with Crippen molar-refractivity contribution >= 4 is 0 Å². The Kier molecular flexibility index (Phi) is 22.4. The molecule has 0 saturated heterocycles. The topological polar surface area (TPSA) is 0 Å². The van der Waals surface area contributed by atoms with Crippen molar-refractivity contribution in [3.63, 3.8) is 0 Å². The molecule has 0 aliphatic rings. The molecule has 5 rings (SSSR count). The molecule has 0 bridgehead atoms. The summed E-state index contributed by atoms with van der Waals surface area (Å²) in [4.78, 5) is 0. The Hall–Kier alpha value is -3.90. The summed E-state index contributed by atoms with van der Waals surface area (Å²) in [7, 11) is 0. The predicted octanol–water partition coefficient (Wildman–Crippen LogP) is 15.5. The Morgan fingerprint density at radius 2 is 0.700 bits per heavy atom. The Morgan fingerprint density at radius 1 is 0.360 bits per heavy atom. The Morgan fingerprint density at radius 3 is 1.00 bits per heavy atom. The summed E-state index contributed by atoms with van der Waals surface area (Å²) < 4.78 is 0. The monoisotopic (exact) mass is 673 g/mol. The van der Waals surface area contributed by atoms with Crippen molar-refractivity contribution in [2.45, 2.75) is 135 Å². The highest BCUT2D eigenvalue weighted by atomic mass is 14.2. The lowest BCUT2D eigenvalue weighted by Crippen LogP contribution is -2.12. The second kappa shape index (κ2) is 24.3. The molecule has 0 N–H and O–H groups in total. The zero-order chi connectivity index (χ0) is 38.4. The van der Waals surface area contributed by atoms with Gasteiger partial charge in [-0.25, -0.2) is 0 Å². The van der Waals surface area contributed by atoms with Gasteiger partial charge in [0.1, 0.15) is 0 Å². The summed E-state index contributed by atoms with van der Waals surface area (Å²) in [6, 6.07) is 40.3. The van der Waals surface area contributed by atoms with Crippen LogP contribution in [-0.4, -0.2) is 0 Å². The lowest BCUT2D eigenvalue weighted by atomic mass is 9.84. The van der Waals surface area contributed by atoms with E-state index in [0.29, 0.717) is 11.8 Å². The molecule has 5 aromatic rings. The molecule has 0 nitrogen and oxygen atoms in total. The minimum atomic E-state index is 0.283. The normalized spacial score (nSPS) is 10.1. The molecule has 5 aromatic carbocycles. The highest BCUT2D eigenvalue weighted by Gasteiger charge is 2.14. The molecule has 50 heavy (non-hydrogen) atoms. The fraction of sp³-hybridized carbons (Fsp3) is 0.400.